The Morgan fingerprint density at radius 2 is 1.84 bits per heavy atom. The molecule has 3 rings (SSSR count). The summed E-state index contributed by atoms with van der Waals surface area (Å²) in [6, 6.07) is 15.9. The number of anilines is 1. The van der Waals surface area contributed by atoms with Crippen molar-refractivity contribution in [3.8, 4) is 5.19 Å². The van der Waals surface area contributed by atoms with Crippen molar-refractivity contribution in [2.75, 3.05) is 12.3 Å². The summed E-state index contributed by atoms with van der Waals surface area (Å²) in [7, 11) is 0. The molecular weight excluding hydrogens is 256 g/mol. The first-order valence-corrected chi connectivity index (χ1v) is 6.96. The Morgan fingerprint density at radius 3 is 2.68 bits per heavy atom. The van der Waals surface area contributed by atoms with E-state index in [4.69, 9.17) is 10.5 Å². The number of nitrogens with two attached hydrogens (primary N) is 1. The predicted octanol–water partition coefficient (Wildman–Crippen LogP) is 3.50. The van der Waals surface area contributed by atoms with Crippen LogP contribution in [0.1, 0.15) is 5.56 Å². The Labute approximate surface area is 115 Å². The second-order valence-electron chi connectivity index (χ2n) is 4.24. The van der Waals surface area contributed by atoms with Crippen LogP contribution in [0.3, 0.4) is 0 Å². The van der Waals surface area contributed by atoms with Crippen molar-refractivity contribution in [3.63, 3.8) is 0 Å². The quantitative estimate of drug-likeness (QED) is 0.738. The predicted molar refractivity (Wildman–Crippen MR) is 79.7 cm³/mol. The lowest BCUT2D eigenvalue weighted by molar-refractivity contribution is 0.321. The van der Waals surface area contributed by atoms with E-state index in [0.29, 0.717) is 6.61 Å². The van der Waals surface area contributed by atoms with Crippen molar-refractivity contribution in [3.05, 3.63) is 54.1 Å². The minimum atomic E-state index is 0.591. The molecule has 0 unspecified atom stereocenters. The van der Waals surface area contributed by atoms with Crippen LogP contribution in [-0.2, 0) is 6.42 Å². The Hall–Kier alpha value is -2.07. The molecule has 2 aromatic carbocycles. The number of rotatable bonds is 4. The molecule has 0 fully saturated rings. The van der Waals surface area contributed by atoms with Gasteiger partial charge in [-0.2, -0.15) is 0 Å². The van der Waals surface area contributed by atoms with E-state index in [0.717, 1.165) is 33.1 Å². The zero-order chi connectivity index (χ0) is 13.1. The standard InChI is InChI=1S/C15H14N2OS/c16-12-6-2-1-5-11(12)9-10-18-15-17-13-7-3-4-8-14(13)19-15/h1-8H,9-10,16H2. The van der Waals surface area contributed by atoms with Gasteiger partial charge in [0.15, 0.2) is 0 Å². The summed E-state index contributed by atoms with van der Waals surface area (Å²) in [5, 5.41) is 0.718. The number of ether oxygens (including phenoxy) is 1. The zero-order valence-electron chi connectivity index (χ0n) is 10.4. The van der Waals surface area contributed by atoms with Gasteiger partial charge in [0.05, 0.1) is 16.8 Å². The molecular formula is C15H14N2OS. The van der Waals surface area contributed by atoms with Gasteiger partial charge in [-0.25, -0.2) is 4.98 Å². The minimum absolute atomic E-state index is 0.591. The fourth-order valence-electron chi connectivity index (χ4n) is 1.92. The topological polar surface area (TPSA) is 48.1 Å². The summed E-state index contributed by atoms with van der Waals surface area (Å²) in [5.41, 5.74) is 8.81. The van der Waals surface area contributed by atoms with Gasteiger partial charge >= 0.3 is 0 Å². The smallest absolute Gasteiger partial charge is 0.274 e. The molecule has 0 aliphatic rings. The Morgan fingerprint density at radius 1 is 1.05 bits per heavy atom. The fraction of sp³-hybridized carbons (Fsp3) is 0.133. The van der Waals surface area contributed by atoms with E-state index in [2.05, 4.69) is 11.1 Å². The maximum absolute atomic E-state index is 5.89. The van der Waals surface area contributed by atoms with Crippen LogP contribution in [0, 0.1) is 0 Å². The Balaban J connectivity index is 1.65. The van der Waals surface area contributed by atoms with Crippen LogP contribution in [0.5, 0.6) is 5.19 Å². The molecule has 0 spiro atoms. The second-order valence-corrected chi connectivity index (χ2v) is 5.24. The highest BCUT2D eigenvalue weighted by Gasteiger charge is 2.04. The highest BCUT2D eigenvalue weighted by atomic mass is 32.1. The largest absolute Gasteiger partial charge is 0.470 e. The van der Waals surface area contributed by atoms with Crippen LogP contribution in [-0.4, -0.2) is 11.6 Å². The molecule has 96 valence electrons. The van der Waals surface area contributed by atoms with Crippen molar-refractivity contribution in [2.24, 2.45) is 0 Å². The van der Waals surface area contributed by atoms with Crippen molar-refractivity contribution in [2.45, 2.75) is 6.42 Å². The number of benzene rings is 2. The third kappa shape index (κ3) is 2.69. The molecule has 0 bridgehead atoms. The molecule has 0 radical (unpaired) electrons. The highest BCUT2D eigenvalue weighted by molar-refractivity contribution is 7.20. The third-order valence-electron chi connectivity index (χ3n) is 2.93. The van der Waals surface area contributed by atoms with E-state index in [9.17, 15) is 0 Å². The number of nitrogen functional groups attached to an aromatic ring is 1. The van der Waals surface area contributed by atoms with Gasteiger partial charge in [-0.15, -0.1) is 0 Å². The maximum atomic E-state index is 5.89. The van der Waals surface area contributed by atoms with Gasteiger partial charge in [0, 0.05) is 12.1 Å². The average molecular weight is 270 g/mol. The lowest BCUT2D eigenvalue weighted by atomic mass is 10.1. The first-order valence-electron chi connectivity index (χ1n) is 6.15. The number of fused-ring (bicyclic) bond motifs is 1. The second kappa shape index (κ2) is 5.28. The summed E-state index contributed by atoms with van der Waals surface area (Å²) < 4.78 is 6.85. The molecule has 4 heteroatoms. The van der Waals surface area contributed by atoms with Gasteiger partial charge in [-0.05, 0) is 23.8 Å². The average Bonchev–Trinajstić information content (AvgIpc) is 2.83. The van der Waals surface area contributed by atoms with Crippen LogP contribution in [0.15, 0.2) is 48.5 Å². The van der Waals surface area contributed by atoms with Crippen LogP contribution in [0.25, 0.3) is 10.2 Å². The van der Waals surface area contributed by atoms with E-state index in [1.54, 1.807) is 11.3 Å². The van der Waals surface area contributed by atoms with Gasteiger partial charge < -0.3 is 10.5 Å². The number of nitrogens with zero attached hydrogens (tertiary/aromatic N) is 1. The summed E-state index contributed by atoms with van der Waals surface area (Å²) >= 11 is 1.57. The lowest BCUT2D eigenvalue weighted by Crippen LogP contribution is -2.03. The van der Waals surface area contributed by atoms with Crippen LogP contribution in [0.2, 0.25) is 0 Å². The Bertz CT molecular complexity index is 660. The van der Waals surface area contributed by atoms with Crippen LogP contribution in [0.4, 0.5) is 5.69 Å². The van der Waals surface area contributed by atoms with Crippen molar-refractivity contribution >= 4 is 27.2 Å². The minimum Gasteiger partial charge on any atom is -0.470 e. The number of para-hydroxylation sites is 2. The van der Waals surface area contributed by atoms with Gasteiger partial charge in [0.25, 0.3) is 5.19 Å². The zero-order valence-corrected chi connectivity index (χ0v) is 11.2. The summed E-state index contributed by atoms with van der Waals surface area (Å²) in [5.74, 6) is 0. The van der Waals surface area contributed by atoms with Crippen molar-refractivity contribution in [1.29, 1.82) is 0 Å². The molecule has 3 aromatic rings. The van der Waals surface area contributed by atoms with E-state index in [1.807, 2.05) is 42.5 Å². The van der Waals surface area contributed by atoms with Crippen molar-refractivity contribution < 1.29 is 4.74 Å². The summed E-state index contributed by atoms with van der Waals surface area (Å²) in [6.45, 7) is 0.591. The summed E-state index contributed by atoms with van der Waals surface area (Å²) in [4.78, 5) is 4.43. The molecule has 0 saturated carbocycles. The molecule has 2 N–H and O–H groups in total. The molecule has 0 saturated heterocycles. The Kier molecular flexibility index (Phi) is 3.33. The van der Waals surface area contributed by atoms with E-state index >= 15 is 0 Å². The van der Waals surface area contributed by atoms with E-state index in [1.165, 1.54) is 0 Å². The molecule has 1 heterocycles. The number of hydrogen-bond donors (Lipinski definition) is 1. The maximum Gasteiger partial charge on any atom is 0.274 e. The molecule has 0 amide bonds. The fourth-order valence-corrected chi connectivity index (χ4v) is 2.76. The third-order valence-corrected chi connectivity index (χ3v) is 3.88. The molecule has 1 aromatic heterocycles. The highest BCUT2D eigenvalue weighted by Crippen LogP contribution is 2.27. The first-order chi connectivity index (χ1) is 9.33. The molecule has 0 aliphatic heterocycles. The number of aromatic nitrogens is 1. The summed E-state index contributed by atoms with van der Waals surface area (Å²) in [6.07, 6.45) is 0.794. The van der Waals surface area contributed by atoms with Crippen LogP contribution < -0.4 is 10.5 Å². The normalized spacial score (nSPS) is 10.7. The lowest BCUT2D eigenvalue weighted by Gasteiger charge is -2.05. The van der Waals surface area contributed by atoms with Gasteiger partial charge in [-0.1, -0.05) is 41.7 Å². The van der Waals surface area contributed by atoms with E-state index in [-0.39, 0.29) is 0 Å². The monoisotopic (exact) mass is 270 g/mol. The number of hydrogen-bond acceptors (Lipinski definition) is 4. The molecule has 0 atom stereocenters. The van der Waals surface area contributed by atoms with Gasteiger partial charge in [0.2, 0.25) is 0 Å². The van der Waals surface area contributed by atoms with Gasteiger partial charge in [0.1, 0.15) is 0 Å². The van der Waals surface area contributed by atoms with Gasteiger partial charge in [-0.3, -0.25) is 0 Å². The first kappa shape index (κ1) is 12.0. The molecule has 0 aliphatic carbocycles. The SMILES string of the molecule is Nc1ccccc1CCOc1nc2ccccc2s1. The molecule has 3 nitrogen and oxygen atoms in total. The van der Waals surface area contributed by atoms with Crippen molar-refractivity contribution in [1.82, 2.24) is 4.98 Å². The van der Waals surface area contributed by atoms with E-state index < -0.39 is 0 Å². The number of thiazole rings is 1. The van der Waals surface area contributed by atoms with Crippen LogP contribution >= 0.6 is 11.3 Å². The molecule has 19 heavy (non-hydrogen) atoms.